The molecule has 0 aromatic heterocycles. The highest BCUT2D eigenvalue weighted by Crippen LogP contribution is 2.31. The summed E-state index contributed by atoms with van der Waals surface area (Å²) in [5.74, 6) is -0.266. The molecule has 1 aliphatic heterocycles. The molecule has 1 saturated heterocycles. The topological polar surface area (TPSA) is 29.5 Å². The van der Waals surface area contributed by atoms with Gasteiger partial charge in [0.05, 0.1) is 11.7 Å². The minimum atomic E-state index is -0.840. The Hall–Kier alpha value is -0.450. The van der Waals surface area contributed by atoms with Crippen LogP contribution in [0.1, 0.15) is 31.7 Å². The van der Waals surface area contributed by atoms with E-state index in [-0.39, 0.29) is 11.9 Å². The number of benzene rings is 1. The third kappa shape index (κ3) is 3.31. The second kappa shape index (κ2) is 5.68. The fraction of sp³-hybridized carbons (Fsp3) is 0.571. The summed E-state index contributed by atoms with van der Waals surface area (Å²) in [5.41, 5.74) is -0.273. The van der Waals surface area contributed by atoms with Gasteiger partial charge in [-0.2, -0.15) is 0 Å². The van der Waals surface area contributed by atoms with Gasteiger partial charge < -0.3 is 9.84 Å². The van der Waals surface area contributed by atoms with Crippen LogP contribution in [0.3, 0.4) is 0 Å². The van der Waals surface area contributed by atoms with Crippen LogP contribution >= 0.6 is 15.9 Å². The third-order valence-electron chi connectivity index (χ3n) is 3.52. The van der Waals surface area contributed by atoms with Crippen LogP contribution in [0.4, 0.5) is 4.39 Å². The number of halogens is 2. The molecule has 1 aromatic carbocycles. The van der Waals surface area contributed by atoms with Crippen molar-refractivity contribution >= 4 is 15.9 Å². The zero-order chi connectivity index (χ0) is 13.2. The number of hydrogen-bond acceptors (Lipinski definition) is 2. The molecule has 0 radical (unpaired) electrons. The van der Waals surface area contributed by atoms with Gasteiger partial charge in [0.1, 0.15) is 5.82 Å². The van der Waals surface area contributed by atoms with E-state index in [0.717, 1.165) is 6.42 Å². The van der Waals surface area contributed by atoms with E-state index in [1.54, 1.807) is 12.1 Å². The molecular weight excluding hydrogens is 299 g/mol. The van der Waals surface area contributed by atoms with Crippen molar-refractivity contribution in [2.45, 2.75) is 44.3 Å². The first-order valence-corrected chi connectivity index (χ1v) is 7.09. The number of ether oxygens (including phenoxy) is 1. The number of rotatable bonds is 3. The Labute approximate surface area is 115 Å². The van der Waals surface area contributed by atoms with Crippen molar-refractivity contribution in [1.29, 1.82) is 0 Å². The maximum Gasteiger partial charge on any atom is 0.127 e. The van der Waals surface area contributed by atoms with Crippen LogP contribution < -0.4 is 0 Å². The van der Waals surface area contributed by atoms with Crippen LogP contribution in [0, 0.1) is 5.82 Å². The summed E-state index contributed by atoms with van der Waals surface area (Å²) >= 11 is 3.23. The zero-order valence-corrected chi connectivity index (χ0v) is 12.0. The van der Waals surface area contributed by atoms with Crippen molar-refractivity contribution in [1.82, 2.24) is 0 Å². The van der Waals surface area contributed by atoms with E-state index < -0.39 is 5.60 Å². The summed E-state index contributed by atoms with van der Waals surface area (Å²) in [5, 5.41) is 10.6. The molecule has 0 spiro atoms. The van der Waals surface area contributed by atoms with E-state index in [9.17, 15) is 9.50 Å². The molecule has 1 aliphatic rings. The average molecular weight is 317 g/mol. The Morgan fingerprint density at radius 3 is 3.00 bits per heavy atom. The first kappa shape index (κ1) is 14.0. The predicted molar refractivity (Wildman–Crippen MR) is 72.0 cm³/mol. The summed E-state index contributed by atoms with van der Waals surface area (Å²) in [4.78, 5) is 0. The van der Waals surface area contributed by atoms with Gasteiger partial charge in [-0.1, -0.05) is 28.9 Å². The van der Waals surface area contributed by atoms with Crippen LogP contribution in [0.25, 0.3) is 0 Å². The molecule has 1 heterocycles. The molecule has 2 rings (SSSR count). The fourth-order valence-corrected chi connectivity index (χ4v) is 2.78. The molecule has 100 valence electrons. The lowest BCUT2D eigenvalue weighted by atomic mass is 9.84. The van der Waals surface area contributed by atoms with E-state index in [4.69, 9.17) is 4.74 Å². The van der Waals surface area contributed by atoms with Gasteiger partial charge >= 0.3 is 0 Å². The monoisotopic (exact) mass is 316 g/mol. The van der Waals surface area contributed by atoms with Gasteiger partial charge in [-0.25, -0.2) is 4.39 Å². The molecule has 0 bridgehead atoms. The van der Waals surface area contributed by atoms with Gasteiger partial charge in [-0.05, 0) is 30.5 Å². The molecule has 1 fully saturated rings. The molecule has 2 atom stereocenters. The molecule has 2 unspecified atom stereocenters. The molecule has 2 nitrogen and oxygen atoms in total. The summed E-state index contributed by atoms with van der Waals surface area (Å²) in [6.07, 6.45) is 2.47. The van der Waals surface area contributed by atoms with Crippen LogP contribution in [0.5, 0.6) is 0 Å². The van der Waals surface area contributed by atoms with Crippen molar-refractivity contribution in [2.24, 2.45) is 0 Å². The number of aliphatic hydroxyl groups is 1. The Balaban J connectivity index is 2.11. The Bertz CT molecular complexity index is 424. The molecule has 18 heavy (non-hydrogen) atoms. The summed E-state index contributed by atoms with van der Waals surface area (Å²) in [7, 11) is 0. The Morgan fingerprint density at radius 1 is 1.56 bits per heavy atom. The van der Waals surface area contributed by atoms with Gasteiger partial charge in [0.25, 0.3) is 0 Å². The maximum absolute atomic E-state index is 13.8. The SMILES string of the molecule is CCC1CC(O)(Cc2ccc(Br)cc2F)CCO1. The Morgan fingerprint density at radius 2 is 2.33 bits per heavy atom. The zero-order valence-electron chi connectivity index (χ0n) is 10.5. The van der Waals surface area contributed by atoms with Gasteiger partial charge in [0, 0.05) is 23.9 Å². The minimum Gasteiger partial charge on any atom is -0.389 e. The first-order chi connectivity index (χ1) is 8.52. The van der Waals surface area contributed by atoms with Crippen molar-refractivity contribution < 1.29 is 14.2 Å². The highest BCUT2D eigenvalue weighted by molar-refractivity contribution is 9.10. The van der Waals surface area contributed by atoms with E-state index in [1.807, 2.05) is 6.92 Å². The van der Waals surface area contributed by atoms with Gasteiger partial charge in [0.2, 0.25) is 0 Å². The van der Waals surface area contributed by atoms with Gasteiger partial charge in [-0.15, -0.1) is 0 Å². The van der Waals surface area contributed by atoms with E-state index in [0.29, 0.717) is 35.9 Å². The van der Waals surface area contributed by atoms with E-state index in [2.05, 4.69) is 15.9 Å². The van der Waals surface area contributed by atoms with E-state index >= 15 is 0 Å². The highest BCUT2D eigenvalue weighted by Gasteiger charge is 2.35. The van der Waals surface area contributed by atoms with Gasteiger partial charge in [-0.3, -0.25) is 0 Å². The summed E-state index contributed by atoms with van der Waals surface area (Å²) in [6, 6.07) is 4.97. The number of hydrogen-bond donors (Lipinski definition) is 1. The molecule has 0 aliphatic carbocycles. The molecular formula is C14H18BrFO2. The van der Waals surface area contributed by atoms with Crippen molar-refractivity contribution in [3.63, 3.8) is 0 Å². The summed E-state index contributed by atoms with van der Waals surface area (Å²) < 4.78 is 20.0. The van der Waals surface area contributed by atoms with E-state index in [1.165, 1.54) is 6.07 Å². The predicted octanol–water partition coefficient (Wildman–Crippen LogP) is 3.45. The minimum absolute atomic E-state index is 0.0854. The normalized spacial score (nSPS) is 28.3. The van der Waals surface area contributed by atoms with Crippen molar-refractivity contribution in [3.8, 4) is 0 Å². The average Bonchev–Trinajstić information content (AvgIpc) is 2.33. The standard InChI is InChI=1S/C14H18BrFO2/c1-2-12-9-14(17,5-6-18-12)8-10-3-4-11(15)7-13(10)16/h3-4,7,12,17H,2,5-6,8-9H2,1H3. The second-order valence-electron chi connectivity index (χ2n) is 4.99. The second-order valence-corrected chi connectivity index (χ2v) is 5.91. The lowest BCUT2D eigenvalue weighted by molar-refractivity contribution is -0.103. The van der Waals surface area contributed by atoms with Crippen LogP contribution in [-0.4, -0.2) is 23.4 Å². The largest absolute Gasteiger partial charge is 0.389 e. The summed E-state index contributed by atoms with van der Waals surface area (Å²) in [6.45, 7) is 2.59. The lowest BCUT2D eigenvalue weighted by Crippen LogP contribution is -2.42. The lowest BCUT2D eigenvalue weighted by Gasteiger charge is -2.36. The fourth-order valence-electron chi connectivity index (χ4n) is 2.44. The molecule has 1 N–H and O–H groups in total. The first-order valence-electron chi connectivity index (χ1n) is 6.30. The highest BCUT2D eigenvalue weighted by atomic mass is 79.9. The van der Waals surface area contributed by atoms with Gasteiger partial charge in [0.15, 0.2) is 0 Å². The maximum atomic E-state index is 13.8. The quantitative estimate of drug-likeness (QED) is 0.925. The van der Waals surface area contributed by atoms with Crippen molar-refractivity contribution in [2.75, 3.05) is 6.61 Å². The molecule has 4 heteroatoms. The van der Waals surface area contributed by atoms with Crippen LogP contribution in [-0.2, 0) is 11.2 Å². The Kier molecular flexibility index (Phi) is 4.41. The molecule has 0 saturated carbocycles. The van der Waals surface area contributed by atoms with Crippen LogP contribution in [0.15, 0.2) is 22.7 Å². The van der Waals surface area contributed by atoms with Crippen LogP contribution in [0.2, 0.25) is 0 Å². The molecule has 0 amide bonds. The third-order valence-corrected chi connectivity index (χ3v) is 4.01. The smallest absolute Gasteiger partial charge is 0.127 e. The molecule has 1 aromatic rings. The van der Waals surface area contributed by atoms with Crippen molar-refractivity contribution in [3.05, 3.63) is 34.1 Å².